The van der Waals surface area contributed by atoms with Crippen molar-refractivity contribution in [2.45, 2.75) is 0 Å². The molecule has 0 spiro atoms. The number of carbonyl (C=O) groups is 1. The largest absolute Gasteiger partial charge is 0.341 e. The van der Waals surface area contributed by atoms with Gasteiger partial charge in [-0.1, -0.05) is 35.6 Å². The van der Waals surface area contributed by atoms with E-state index in [4.69, 9.17) is 11.6 Å². The topological polar surface area (TPSA) is 72.2 Å². The summed E-state index contributed by atoms with van der Waals surface area (Å²) in [6, 6.07) is 9.65. The van der Waals surface area contributed by atoms with Crippen molar-refractivity contribution in [3.8, 4) is 11.8 Å². The lowest BCUT2D eigenvalue weighted by Gasteiger charge is -2.03. The Balaban J connectivity index is 2.08. The first-order chi connectivity index (χ1) is 11.0. The first-order valence-corrected chi connectivity index (χ1v) is 6.82. The zero-order valence-corrected chi connectivity index (χ0v) is 12.4. The van der Waals surface area contributed by atoms with Gasteiger partial charge in [0.25, 0.3) is 11.6 Å². The molecule has 1 N–H and O–H groups in total. The predicted molar refractivity (Wildman–Crippen MR) is 83.7 cm³/mol. The van der Waals surface area contributed by atoms with Crippen LogP contribution in [0.5, 0.6) is 0 Å². The molecule has 0 aromatic heterocycles. The second-order valence-corrected chi connectivity index (χ2v) is 4.82. The third-order valence-corrected chi connectivity index (χ3v) is 3.07. The van der Waals surface area contributed by atoms with Crippen molar-refractivity contribution < 1.29 is 14.1 Å². The summed E-state index contributed by atoms with van der Waals surface area (Å²) in [4.78, 5) is 22.2. The smallest absolute Gasteiger partial charge is 0.282 e. The van der Waals surface area contributed by atoms with Crippen molar-refractivity contribution in [1.82, 2.24) is 5.32 Å². The van der Waals surface area contributed by atoms with Crippen molar-refractivity contribution in [2.24, 2.45) is 0 Å². The molecule has 0 fully saturated rings. The van der Waals surface area contributed by atoms with E-state index in [9.17, 15) is 19.3 Å². The number of hydrogen-bond acceptors (Lipinski definition) is 3. The minimum atomic E-state index is -0.679. The van der Waals surface area contributed by atoms with Crippen LogP contribution in [-0.2, 0) is 0 Å². The lowest BCUT2D eigenvalue weighted by Crippen LogP contribution is -2.24. The zero-order valence-electron chi connectivity index (χ0n) is 11.7. The van der Waals surface area contributed by atoms with Gasteiger partial charge in [-0.3, -0.25) is 14.9 Å². The van der Waals surface area contributed by atoms with Gasteiger partial charge in [-0.25, -0.2) is 4.39 Å². The molecule has 0 radical (unpaired) electrons. The van der Waals surface area contributed by atoms with E-state index in [1.807, 2.05) is 0 Å². The Labute approximate surface area is 136 Å². The van der Waals surface area contributed by atoms with Crippen molar-refractivity contribution in [2.75, 3.05) is 6.54 Å². The molecule has 0 saturated carbocycles. The minimum absolute atomic E-state index is 0.0865. The maximum absolute atomic E-state index is 13.3. The Bertz CT molecular complexity index is 828. The fourth-order valence-corrected chi connectivity index (χ4v) is 1.94. The molecule has 2 aromatic rings. The van der Waals surface area contributed by atoms with Crippen LogP contribution in [0.1, 0.15) is 15.9 Å². The van der Waals surface area contributed by atoms with E-state index in [0.29, 0.717) is 0 Å². The van der Waals surface area contributed by atoms with E-state index in [0.717, 1.165) is 6.07 Å². The molecule has 116 valence electrons. The van der Waals surface area contributed by atoms with E-state index in [-0.39, 0.29) is 28.4 Å². The quantitative estimate of drug-likeness (QED) is 0.533. The van der Waals surface area contributed by atoms with E-state index in [1.165, 1.54) is 24.3 Å². The summed E-state index contributed by atoms with van der Waals surface area (Å²) in [5, 5.41) is 13.5. The molecule has 0 bridgehead atoms. The molecule has 0 aliphatic rings. The number of halogens is 2. The number of hydrogen-bond donors (Lipinski definition) is 1. The highest BCUT2D eigenvalue weighted by atomic mass is 35.5. The molecule has 0 heterocycles. The molecular formula is C16H10ClFN2O3. The van der Waals surface area contributed by atoms with E-state index in [1.54, 1.807) is 12.1 Å². The maximum Gasteiger partial charge on any atom is 0.282 e. The number of nitrogens with zero attached hydrogens (tertiary/aromatic N) is 1. The lowest BCUT2D eigenvalue weighted by molar-refractivity contribution is -0.385. The van der Waals surface area contributed by atoms with Crippen LogP contribution in [0.3, 0.4) is 0 Å². The molecular weight excluding hydrogens is 323 g/mol. The highest BCUT2D eigenvalue weighted by Crippen LogP contribution is 2.22. The number of nitro groups is 1. The van der Waals surface area contributed by atoms with Crippen LogP contribution < -0.4 is 5.32 Å². The molecule has 23 heavy (non-hydrogen) atoms. The minimum Gasteiger partial charge on any atom is -0.341 e. The highest BCUT2D eigenvalue weighted by Gasteiger charge is 2.19. The lowest BCUT2D eigenvalue weighted by atomic mass is 10.1. The third-order valence-electron chi connectivity index (χ3n) is 2.83. The second kappa shape index (κ2) is 7.38. The second-order valence-electron chi connectivity index (χ2n) is 4.38. The standard InChI is InChI=1S/C16H10ClFN2O3/c17-12-7-8-15(20(22)23)13(10-12)16(21)19-9-3-5-11-4-1-2-6-14(11)18/h1-2,4,6-8,10H,9H2,(H,19,21). The first kappa shape index (κ1) is 16.5. The van der Waals surface area contributed by atoms with Gasteiger partial charge in [0, 0.05) is 11.1 Å². The zero-order chi connectivity index (χ0) is 16.8. The summed E-state index contributed by atoms with van der Waals surface area (Å²) in [5.41, 5.74) is -0.306. The van der Waals surface area contributed by atoms with E-state index in [2.05, 4.69) is 17.2 Å². The molecule has 0 aliphatic carbocycles. The molecule has 0 unspecified atom stereocenters. The van der Waals surface area contributed by atoms with E-state index < -0.39 is 16.6 Å². The number of carbonyl (C=O) groups excluding carboxylic acids is 1. The van der Waals surface area contributed by atoms with E-state index >= 15 is 0 Å². The molecule has 2 rings (SSSR count). The molecule has 0 saturated heterocycles. The van der Waals surface area contributed by atoms with Gasteiger partial charge in [0.2, 0.25) is 0 Å². The fourth-order valence-electron chi connectivity index (χ4n) is 1.77. The molecule has 5 nitrogen and oxygen atoms in total. The fraction of sp³-hybridized carbons (Fsp3) is 0.0625. The summed E-state index contributed by atoms with van der Waals surface area (Å²) >= 11 is 5.75. The highest BCUT2D eigenvalue weighted by molar-refractivity contribution is 6.31. The maximum atomic E-state index is 13.3. The summed E-state index contributed by atoms with van der Waals surface area (Å²) < 4.78 is 13.3. The van der Waals surface area contributed by atoms with Crippen LogP contribution in [0.25, 0.3) is 0 Å². The molecule has 1 amide bonds. The van der Waals surface area contributed by atoms with Crippen LogP contribution in [0.15, 0.2) is 42.5 Å². The third kappa shape index (κ3) is 4.28. The van der Waals surface area contributed by atoms with Gasteiger partial charge in [0.15, 0.2) is 0 Å². The van der Waals surface area contributed by atoms with Crippen molar-refractivity contribution in [1.29, 1.82) is 0 Å². The Kier molecular flexibility index (Phi) is 5.28. The Hall–Kier alpha value is -2.91. The average Bonchev–Trinajstić information content (AvgIpc) is 2.52. The SMILES string of the molecule is O=C(NCC#Cc1ccccc1F)c1cc(Cl)ccc1[N+](=O)[O-]. The predicted octanol–water partition coefficient (Wildman–Crippen LogP) is 3.17. The van der Waals surface area contributed by atoms with Crippen LogP contribution in [0, 0.1) is 27.8 Å². The normalized spacial score (nSPS) is 9.65. The van der Waals surface area contributed by atoms with Gasteiger partial charge in [0.05, 0.1) is 17.0 Å². The van der Waals surface area contributed by atoms with Gasteiger partial charge in [-0.15, -0.1) is 0 Å². The number of nitro benzene ring substituents is 1. The average molecular weight is 333 g/mol. The summed E-state index contributed by atoms with van der Waals surface area (Å²) in [7, 11) is 0. The van der Waals surface area contributed by atoms with Crippen LogP contribution in [0.4, 0.5) is 10.1 Å². The molecule has 7 heteroatoms. The van der Waals surface area contributed by atoms with Gasteiger partial charge >= 0.3 is 0 Å². The molecule has 0 atom stereocenters. The first-order valence-electron chi connectivity index (χ1n) is 6.44. The van der Waals surface area contributed by atoms with Gasteiger partial charge in [-0.05, 0) is 24.3 Å². The van der Waals surface area contributed by atoms with Gasteiger partial charge < -0.3 is 5.32 Å². The summed E-state index contributed by atoms with van der Waals surface area (Å²) in [6.07, 6.45) is 0. The van der Waals surface area contributed by atoms with Crippen LogP contribution in [0.2, 0.25) is 5.02 Å². The van der Waals surface area contributed by atoms with Gasteiger partial charge in [-0.2, -0.15) is 0 Å². The number of rotatable bonds is 3. The van der Waals surface area contributed by atoms with Gasteiger partial charge in [0.1, 0.15) is 11.4 Å². The molecule has 2 aromatic carbocycles. The number of amides is 1. The van der Waals surface area contributed by atoms with Crippen LogP contribution >= 0.6 is 11.6 Å². The Morgan fingerprint density at radius 1 is 1.30 bits per heavy atom. The Morgan fingerprint density at radius 2 is 2.04 bits per heavy atom. The number of benzene rings is 2. The van der Waals surface area contributed by atoms with Crippen LogP contribution in [-0.4, -0.2) is 17.4 Å². The van der Waals surface area contributed by atoms with Crippen molar-refractivity contribution in [3.63, 3.8) is 0 Å². The summed E-state index contributed by atoms with van der Waals surface area (Å²) in [5.74, 6) is 4.01. The van der Waals surface area contributed by atoms with Crippen molar-refractivity contribution in [3.05, 3.63) is 74.5 Å². The molecule has 0 aliphatic heterocycles. The Morgan fingerprint density at radius 3 is 2.74 bits per heavy atom. The monoisotopic (exact) mass is 332 g/mol. The summed E-state index contributed by atoms with van der Waals surface area (Å²) in [6.45, 7) is -0.0865. The number of nitrogens with one attached hydrogen (secondary N) is 1. The van der Waals surface area contributed by atoms with Crippen molar-refractivity contribution >= 4 is 23.2 Å².